The molecule has 3 atom stereocenters. The van der Waals surface area contributed by atoms with Crippen LogP contribution in [0, 0.1) is 34.8 Å². The molecule has 8 heteroatoms. The molecule has 0 saturated heterocycles. The third-order valence-corrected chi connectivity index (χ3v) is 5.49. The molecule has 0 aliphatic heterocycles. The molecule has 1 aromatic rings. The number of ether oxygens (including phenoxy) is 1. The second-order valence-corrected chi connectivity index (χ2v) is 8.04. The highest BCUT2D eigenvalue weighted by molar-refractivity contribution is 5.94. The number of carbonyl (C=O) groups excluding carboxylic acids is 3. The van der Waals surface area contributed by atoms with Crippen molar-refractivity contribution in [1.29, 1.82) is 0 Å². The van der Waals surface area contributed by atoms with E-state index in [1.54, 1.807) is 6.92 Å². The number of hydrogen-bond donors (Lipinski definition) is 1. The Morgan fingerprint density at radius 3 is 2.66 bits per heavy atom. The van der Waals surface area contributed by atoms with Crippen LogP contribution < -0.4 is 5.32 Å². The van der Waals surface area contributed by atoms with Crippen molar-refractivity contribution in [1.82, 2.24) is 0 Å². The topological polar surface area (TPSA) is 116 Å². The lowest BCUT2D eigenvalue weighted by Crippen LogP contribution is -2.28. The van der Waals surface area contributed by atoms with Gasteiger partial charge in [-0.05, 0) is 29.9 Å². The summed E-state index contributed by atoms with van der Waals surface area (Å²) < 4.78 is 5.04. The molecule has 0 spiro atoms. The lowest BCUT2D eigenvalue weighted by atomic mass is 9.88. The number of benzene rings is 1. The van der Waals surface area contributed by atoms with Crippen molar-refractivity contribution in [2.45, 2.75) is 46.5 Å². The van der Waals surface area contributed by atoms with E-state index in [0.717, 1.165) is 11.1 Å². The standard InChI is InChI=1S/C21H28N2O6/c1-12(2)15-7-5-6-13(3)21(15)22-19(25)11-29-20(26)9-16-17(10-23(27)28)14(4)8-18(16)24/h5-7,12,14,16-17H,8-11H2,1-4H3,(H,22,25)/t14-,16+,17+/m1/s1. The highest BCUT2D eigenvalue weighted by Crippen LogP contribution is 2.36. The maximum Gasteiger partial charge on any atom is 0.307 e. The van der Waals surface area contributed by atoms with Crippen molar-refractivity contribution in [3.8, 4) is 0 Å². The fourth-order valence-electron chi connectivity index (χ4n) is 3.90. The highest BCUT2D eigenvalue weighted by atomic mass is 16.6. The molecule has 158 valence electrons. The van der Waals surface area contributed by atoms with Crippen LogP contribution in [0.1, 0.15) is 50.7 Å². The fourth-order valence-corrected chi connectivity index (χ4v) is 3.90. The second-order valence-electron chi connectivity index (χ2n) is 8.04. The van der Waals surface area contributed by atoms with Crippen molar-refractivity contribution < 1.29 is 24.0 Å². The minimum Gasteiger partial charge on any atom is -0.456 e. The SMILES string of the molecule is Cc1cccc(C(C)C)c1NC(=O)COC(=O)C[C@@H]1C(=O)C[C@@H](C)[C@@H]1C[N+](=O)[O-]. The molecule has 1 aliphatic rings. The summed E-state index contributed by atoms with van der Waals surface area (Å²) in [5, 5.41) is 13.6. The number of esters is 1. The van der Waals surface area contributed by atoms with Gasteiger partial charge in [-0.15, -0.1) is 0 Å². The van der Waals surface area contributed by atoms with Gasteiger partial charge in [-0.1, -0.05) is 39.0 Å². The quantitative estimate of drug-likeness (QED) is 0.404. The molecule has 0 aromatic heterocycles. The summed E-state index contributed by atoms with van der Waals surface area (Å²) in [6.45, 7) is 6.88. The van der Waals surface area contributed by atoms with Gasteiger partial charge in [0.25, 0.3) is 5.91 Å². The first-order valence-electron chi connectivity index (χ1n) is 9.79. The highest BCUT2D eigenvalue weighted by Gasteiger charge is 2.44. The van der Waals surface area contributed by atoms with E-state index < -0.39 is 35.2 Å². The van der Waals surface area contributed by atoms with Gasteiger partial charge in [0, 0.05) is 28.9 Å². The van der Waals surface area contributed by atoms with Gasteiger partial charge in [0.05, 0.1) is 6.42 Å². The van der Waals surface area contributed by atoms with Gasteiger partial charge in [-0.2, -0.15) is 0 Å². The third kappa shape index (κ3) is 5.85. The molecule has 1 saturated carbocycles. The summed E-state index contributed by atoms with van der Waals surface area (Å²) in [6, 6.07) is 5.73. The van der Waals surface area contributed by atoms with E-state index in [9.17, 15) is 24.5 Å². The van der Waals surface area contributed by atoms with E-state index in [4.69, 9.17) is 4.74 Å². The number of hydrogen-bond acceptors (Lipinski definition) is 6. The van der Waals surface area contributed by atoms with E-state index >= 15 is 0 Å². The summed E-state index contributed by atoms with van der Waals surface area (Å²) in [5.41, 5.74) is 2.59. The number of nitro groups is 1. The lowest BCUT2D eigenvalue weighted by Gasteiger charge is -2.18. The van der Waals surface area contributed by atoms with E-state index in [-0.39, 0.29) is 37.0 Å². The zero-order valence-corrected chi connectivity index (χ0v) is 17.3. The third-order valence-electron chi connectivity index (χ3n) is 5.49. The molecule has 1 aliphatic carbocycles. The number of amides is 1. The van der Waals surface area contributed by atoms with Gasteiger partial charge in [0.1, 0.15) is 5.78 Å². The largest absolute Gasteiger partial charge is 0.456 e. The van der Waals surface area contributed by atoms with Crippen molar-refractivity contribution >= 4 is 23.3 Å². The van der Waals surface area contributed by atoms with Crippen molar-refractivity contribution in [2.75, 3.05) is 18.5 Å². The van der Waals surface area contributed by atoms with E-state index in [1.807, 2.05) is 39.0 Å². The average Bonchev–Trinajstić information content (AvgIpc) is 2.88. The maximum atomic E-state index is 12.3. The monoisotopic (exact) mass is 404 g/mol. The smallest absolute Gasteiger partial charge is 0.307 e. The van der Waals surface area contributed by atoms with Crippen LogP contribution in [0.25, 0.3) is 0 Å². The zero-order chi connectivity index (χ0) is 21.7. The van der Waals surface area contributed by atoms with Crippen LogP contribution in [0.4, 0.5) is 5.69 Å². The Morgan fingerprint density at radius 2 is 2.03 bits per heavy atom. The second kappa shape index (κ2) is 9.62. The van der Waals surface area contributed by atoms with Crippen LogP contribution in [0.15, 0.2) is 18.2 Å². The molecule has 1 N–H and O–H groups in total. The zero-order valence-electron chi connectivity index (χ0n) is 17.3. The Hall–Kier alpha value is -2.77. The first-order valence-corrected chi connectivity index (χ1v) is 9.79. The van der Waals surface area contributed by atoms with Crippen LogP contribution in [0.2, 0.25) is 0 Å². The Morgan fingerprint density at radius 1 is 1.34 bits per heavy atom. The number of nitrogens with one attached hydrogen (secondary N) is 1. The average molecular weight is 404 g/mol. The first-order chi connectivity index (χ1) is 13.6. The minimum atomic E-state index is -0.727. The molecule has 0 radical (unpaired) electrons. The number of anilines is 1. The molecule has 1 aromatic carbocycles. The molecule has 0 heterocycles. The predicted molar refractivity (Wildman–Crippen MR) is 107 cm³/mol. The van der Waals surface area contributed by atoms with Gasteiger partial charge in [0.2, 0.25) is 6.54 Å². The number of aryl methyl sites for hydroxylation is 1. The number of para-hydroxylation sites is 1. The Bertz CT molecular complexity index is 804. The number of carbonyl (C=O) groups is 3. The molecular weight excluding hydrogens is 376 g/mol. The van der Waals surface area contributed by atoms with Crippen LogP contribution >= 0.6 is 0 Å². The molecule has 0 bridgehead atoms. The number of nitrogens with zero attached hydrogens (tertiary/aromatic N) is 1. The van der Waals surface area contributed by atoms with Gasteiger partial charge < -0.3 is 10.1 Å². The molecule has 0 unspecified atom stereocenters. The molecule has 1 amide bonds. The summed E-state index contributed by atoms with van der Waals surface area (Å²) in [4.78, 5) is 46.9. The van der Waals surface area contributed by atoms with E-state index in [0.29, 0.717) is 5.69 Å². The first kappa shape index (κ1) is 22.5. The Labute approximate surface area is 170 Å². The van der Waals surface area contributed by atoms with Crippen molar-refractivity contribution in [2.24, 2.45) is 17.8 Å². The molecule has 29 heavy (non-hydrogen) atoms. The molecule has 2 rings (SSSR count). The lowest BCUT2D eigenvalue weighted by molar-refractivity contribution is -0.490. The van der Waals surface area contributed by atoms with Crippen molar-refractivity contribution in [3.63, 3.8) is 0 Å². The van der Waals surface area contributed by atoms with Crippen LogP contribution in [-0.4, -0.2) is 35.7 Å². The van der Waals surface area contributed by atoms with Crippen LogP contribution in [-0.2, 0) is 19.1 Å². The van der Waals surface area contributed by atoms with Gasteiger partial charge in [-0.3, -0.25) is 24.5 Å². The number of Topliss-reactive ketones (excluding diaryl/α,β-unsaturated/α-hetero) is 1. The Kier molecular flexibility index (Phi) is 7.47. The normalized spacial score (nSPS) is 21.3. The number of ketones is 1. The Balaban J connectivity index is 1.93. The van der Waals surface area contributed by atoms with Gasteiger partial charge in [-0.25, -0.2) is 0 Å². The predicted octanol–water partition coefficient (Wildman–Crippen LogP) is 3.11. The van der Waals surface area contributed by atoms with Crippen LogP contribution in [0.5, 0.6) is 0 Å². The van der Waals surface area contributed by atoms with Crippen LogP contribution in [0.3, 0.4) is 0 Å². The summed E-state index contributed by atoms with van der Waals surface area (Å²) in [5.74, 6) is -2.48. The fraction of sp³-hybridized carbons (Fsp3) is 0.571. The minimum absolute atomic E-state index is 0.149. The van der Waals surface area contributed by atoms with Gasteiger partial charge in [0.15, 0.2) is 6.61 Å². The van der Waals surface area contributed by atoms with Crippen molar-refractivity contribution in [3.05, 3.63) is 39.4 Å². The molecule has 8 nitrogen and oxygen atoms in total. The van der Waals surface area contributed by atoms with Gasteiger partial charge >= 0.3 is 5.97 Å². The van der Waals surface area contributed by atoms with E-state index in [2.05, 4.69) is 5.32 Å². The summed E-state index contributed by atoms with van der Waals surface area (Å²) in [6.07, 6.45) is -0.0151. The molecule has 1 fully saturated rings. The maximum absolute atomic E-state index is 12.3. The van der Waals surface area contributed by atoms with E-state index in [1.165, 1.54) is 0 Å². The summed E-state index contributed by atoms with van der Waals surface area (Å²) >= 11 is 0. The number of rotatable bonds is 8. The summed E-state index contributed by atoms with van der Waals surface area (Å²) in [7, 11) is 0. The molecular formula is C21H28N2O6.